The quantitative estimate of drug-likeness (QED) is 0.0258. The van der Waals surface area contributed by atoms with E-state index in [1.54, 1.807) is 0 Å². The van der Waals surface area contributed by atoms with Crippen LogP contribution in [0, 0.1) is 0 Å². The number of esters is 1. The first-order valence-corrected chi connectivity index (χ1v) is 20.5. The van der Waals surface area contributed by atoms with Crippen LogP contribution < -0.4 is 11.1 Å². The lowest BCUT2D eigenvalue weighted by atomic mass is 9.88. The summed E-state index contributed by atoms with van der Waals surface area (Å²) >= 11 is 0. The molecule has 59 heavy (non-hydrogen) atoms. The van der Waals surface area contributed by atoms with Crippen molar-refractivity contribution in [3.05, 3.63) is 0 Å². The summed E-state index contributed by atoms with van der Waals surface area (Å²) in [6.07, 6.45) is -22.1. The fourth-order valence-corrected chi connectivity index (χ4v) is 7.26. The second-order valence-electron chi connectivity index (χ2n) is 14.5. The predicted octanol–water partition coefficient (Wildman–Crippen LogP) is -6.46. The standard InChI is InChI=1S/C33H58N2O23S/c1-52-20(42)8-6-4-2-3-5-7-9-53-30-22(35-19(41)14-59(49,50)51)28(24(44)17(12-37)54-30)56-31-26(46)29(25(45)18(13-38)55-31)58-33(32(47)48)10-15(39)21(34)27(57-33)23(43)16(40)11-36/h15-18,21-31,36-40,43-46H,2-14,34H2,1H3,(H,35,41)(H,47,48)(H,49,50,51)/t15-,16+,17+,18+,21+,22+,23+,24+,25-,26+,27+,28+,29-,30+,31-,33-/m0/s1. The number of nitrogens with two attached hydrogens (primary N) is 1. The van der Waals surface area contributed by atoms with Crippen LogP contribution in [-0.4, -0.2) is 219 Å². The maximum atomic E-state index is 12.8. The van der Waals surface area contributed by atoms with Crippen molar-refractivity contribution in [3.8, 4) is 0 Å². The van der Waals surface area contributed by atoms with E-state index in [0.29, 0.717) is 19.3 Å². The van der Waals surface area contributed by atoms with Gasteiger partial charge in [0.25, 0.3) is 15.9 Å². The molecule has 16 atom stereocenters. The lowest BCUT2D eigenvalue weighted by molar-refractivity contribution is -0.380. The average molecular weight is 883 g/mol. The van der Waals surface area contributed by atoms with Crippen LogP contribution in [0.4, 0.5) is 0 Å². The van der Waals surface area contributed by atoms with Gasteiger partial charge >= 0.3 is 11.9 Å². The highest BCUT2D eigenvalue weighted by atomic mass is 32.2. The first-order valence-electron chi connectivity index (χ1n) is 18.9. The van der Waals surface area contributed by atoms with E-state index in [1.165, 1.54) is 7.11 Å². The Morgan fingerprint density at radius 3 is 2.02 bits per heavy atom. The van der Waals surface area contributed by atoms with Crippen molar-refractivity contribution in [1.29, 1.82) is 0 Å². The second kappa shape index (κ2) is 23.2. The zero-order chi connectivity index (χ0) is 44.2. The Morgan fingerprint density at radius 2 is 1.46 bits per heavy atom. The number of ether oxygens (including phenoxy) is 7. The van der Waals surface area contributed by atoms with Gasteiger partial charge in [0.1, 0.15) is 67.1 Å². The van der Waals surface area contributed by atoms with Crippen molar-refractivity contribution in [3.63, 3.8) is 0 Å². The summed E-state index contributed by atoms with van der Waals surface area (Å²) in [5, 5.41) is 107. The number of nitrogens with one attached hydrogen (secondary N) is 1. The summed E-state index contributed by atoms with van der Waals surface area (Å²) in [7, 11) is -3.62. The predicted molar refractivity (Wildman–Crippen MR) is 191 cm³/mol. The van der Waals surface area contributed by atoms with E-state index in [0.717, 1.165) is 19.3 Å². The van der Waals surface area contributed by atoms with Crippen LogP contribution in [-0.2, 0) is 57.7 Å². The molecule has 3 saturated heterocycles. The maximum Gasteiger partial charge on any atom is 0.364 e. The molecule has 3 heterocycles. The van der Waals surface area contributed by atoms with Gasteiger partial charge in [0, 0.05) is 19.4 Å². The third kappa shape index (κ3) is 13.8. The van der Waals surface area contributed by atoms with Crippen LogP contribution in [0.25, 0.3) is 0 Å². The molecule has 25 nitrogen and oxygen atoms in total. The molecule has 344 valence electrons. The maximum absolute atomic E-state index is 12.8. The van der Waals surface area contributed by atoms with E-state index < -0.39 is 152 Å². The Labute approximate surface area is 338 Å². The van der Waals surface area contributed by atoms with Crippen molar-refractivity contribution >= 4 is 28.0 Å². The van der Waals surface area contributed by atoms with Gasteiger partial charge in [-0.05, 0) is 12.8 Å². The molecule has 0 aromatic rings. The van der Waals surface area contributed by atoms with E-state index >= 15 is 0 Å². The second-order valence-corrected chi connectivity index (χ2v) is 15.9. The van der Waals surface area contributed by atoms with Gasteiger partial charge in [0.2, 0.25) is 5.91 Å². The van der Waals surface area contributed by atoms with Gasteiger partial charge in [0.05, 0.1) is 39.1 Å². The van der Waals surface area contributed by atoms with Crippen LogP contribution in [0.1, 0.15) is 51.4 Å². The Bertz CT molecular complexity index is 1450. The summed E-state index contributed by atoms with van der Waals surface area (Å²) < 4.78 is 71.0. The molecule has 3 aliphatic rings. The van der Waals surface area contributed by atoms with Crippen molar-refractivity contribution in [2.24, 2.45) is 5.73 Å². The number of aliphatic hydroxyl groups is 9. The number of carboxylic acid groups (broad SMARTS) is 1. The molecule has 0 aromatic carbocycles. The average Bonchev–Trinajstić information content (AvgIpc) is 3.18. The molecule has 0 radical (unpaired) electrons. The lowest BCUT2D eigenvalue weighted by Crippen LogP contribution is -2.70. The molecule has 3 fully saturated rings. The smallest absolute Gasteiger partial charge is 0.364 e. The number of methoxy groups -OCH3 is 1. The topological polar surface area (TPSA) is 411 Å². The first kappa shape index (κ1) is 51.0. The number of aliphatic hydroxyl groups excluding tert-OH is 9. The van der Waals surface area contributed by atoms with Gasteiger partial charge in [-0.1, -0.05) is 25.7 Å². The molecule has 14 N–H and O–H groups in total. The normalized spacial score (nSPS) is 36.4. The van der Waals surface area contributed by atoms with Gasteiger partial charge in [-0.2, -0.15) is 8.42 Å². The van der Waals surface area contributed by atoms with Crippen LogP contribution in [0.15, 0.2) is 0 Å². The number of carbonyl (C=O) groups is 3. The Morgan fingerprint density at radius 1 is 0.881 bits per heavy atom. The zero-order valence-corrected chi connectivity index (χ0v) is 33.0. The minimum absolute atomic E-state index is 0.0620. The van der Waals surface area contributed by atoms with E-state index in [4.69, 9.17) is 34.2 Å². The van der Waals surface area contributed by atoms with Gasteiger partial charge in [-0.25, -0.2) is 4.79 Å². The van der Waals surface area contributed by atoms with E-state index in [-0.39, 0.29) is 19.0 Å². The number of aliphatic carboxylic acids is 1. The van der Waals surface area contributed by atoms with E-state index in [1.807, 2.05) is 0 Å². The van der Waals surface area contributed by atoms with Crippen molar-refractivity contribution in [2.75, 3.05) is 39.3 Å². The molecular formula is C33H58N2O23S. The van der Waals surface area contributed by atoms with Crippen LogP contribution >= 0.6 is 0 Å². The van der Waals surface area contributed by atoms with Crippen molar-refractivity contribution < 1.29 is 112 Å². The van der Waals surface area contributed by atoms with Crippen LogP contribution in [0.3, 0.4) is 0 Å². The Hall–Kier alpha value is -2.32. The number of unbranched alkanes of at least 4 members (excludes halogenated alkanes) is 5. The largest absolute Gasteiger partial charge is 0.477 e. The number of rotatable bonds is 23. The number of carboxylic acids is 1. The van der Waals surface area contributed by atoms with Crippen molar-refractivity contribution in [1.82, 2.24) is 5.32 Å². The molecule has 3 aliphatic heterocycles. The van der Waals surface area contributed by atoms with E-state index in [9.17, 15) is 78.4 Å². The van der Waals surface area contributed by atoms with Crippen molar-refractivity contribution in [2.45, 2.75) is 149 Å². The van der Waals surface area contributed by atoms with E-state index in [2.05, 4.69) is 10.1 Å². The van der Waals surface area contributed by atoms with Gasteiger partial charge in [0.15, 0.2) is 18.3 Å². The minimum Gasteiger partial charge on any atom is -0.477 e. The summed E-state index contributed by atoms with van der Waals surface area (Å²) in [6.45, 7) is -3.05. The van der Waals surface area contributed by atoms with Gasteiger partial charge < -0.3 is 95.3 Å². The SMILES string of the molecule is COC(=O)CCCCCCCCO[C@@H]1O[C@H](CO)[C@@H](O)[C@H](O[C@@H]2O[C@H](CO)[C@H](O)[C@H](O[C@]3(C(=O)O)C[C@H](O)[C@@H](N)[C@H]([C@H](O)[C@H](O)CO)O3)[C@H]2O)[C@H]1NC(=O)CS(=O)(=O)O. The van der Waals surface area contributed by atoms with Gasteiger partial charge in [-0.15, -0.1) is 0 Å². The first-order chi connectivity index (χ1) is 27.7. The summed E-state index contributed by atoms with van der Waals surface area (Å²) in [5.41, 5.74) is 5.90. The molecule has 0 aliphatic carbocycles. The molecule has 3 rings (SSSR count). The number of amides is 1. The number of hydrogen-bond donors (Lipinski definition) is 13. The summed E-state index contributed by atoms with van der Waals surface area (Å²) in [4.78, 5) is 36.8. The highest BCUT2D eigenvalue weighted by Crippen LogP contribution is 2.38. The molecule has 0 spiro atoms. The Kier molecular flexibility index (Phi) is 20.1. The number of carbonyl (C=O) groups excluding carboxylic acids is 2. The highest BCUT2D eigenvalue weighted by molar-refractivity contribution is 7.86. The zero-order valence-electron chi connectivity index (χ0n) is 32.2. The summed E-state index contributed by atoms with van der Waals surface area (Å²) in [6, 6.07) is -3.27. The highest BCUT2D eigenvalue weighted by Gasteiger charge is 2.59. The van der Waals surface area contributed by atoms with Gasteiger partial charge in [-0.3, -0.25) is 14.1 Å². The number of hydrogen-bond acceptors (Lipinski definition) is 22. The summed E-state index contributed by atoms with van der Waals surface area (Å²) in [5.74, 6) is -8.20. The fourth-order valence-electron chi connectivity index (χ4n) is 6.84. The molecule has 0 bridgehead atoms. The third-order valence-corrected chi connectivity index (χ3v) is 10.7. The molecule has 0 unspecified atom stereocenters. The lowest BCUT2D eigenvalue weighted by Gasteiger charge is -2.50. The molecule has 26 heteroatoms. The third-order valence-electron chi connectivity index (χ3n) is 10.1. The monoisotopic (exact) mass is 882 g/mol. The molecule has 0 saturated carbocycles. The van der Waals surface area contributed by atoms with Crippen LogP contribution in [0.2, 0.25) is 0 Å². The minimum atomic E-state index is -4.92. The van der Waals surface area contributed by atoms with Crippen LogP contribution in [0.5, 0.6) is 0 Å². The molecule has 0 aromatic heterocycles. The molecular weight excluding hydrogens is 824 g/mol. The fraction of sp³-hybridized carbons (Fsp3) is 0.909. The molecule has 1 amide bonds. The Balaban J connectivity index is 1.88.